The van der Waals surface area contributed by atoms with Crippen molar-refractivity contribution >= 4 is 17.4 Å². The summed E-state index contributed by atoms with van der Waals surface area (Å²) in [5.74, 6) is -0.970. The quantitative estimate of drug-likeness (QED) is 0.826. The number of carboxylic acid groups (broad SMARTS) is 1. The first kappa shape index (κ1) is 13.9. The topological polar surface area (TPSA) is 64.9 Å². The van der Waals surface area contributed by atoms with E-state index in [9.17, 15) is 4.79 Å². The first-order chi connectivity index (χ1) is 9.58. The molecular weight excluding hydrogens is 254 g/mol. The second kappa shape index (κ2) is 6.06. The van der Waals surface area contributed by atoms with E-state index in [0.717, 1.165) is 11.4 Å². The molecular formula is C15H17N3O2. The average molecular weight is 271 g/mol. The van der Waals surface area contributed by atoms with Crippen molar-refractivity contribution in [3.63, 3.8) is 0 Å². The van der Waals surface area contributed by atoms with Crippen molar-refractivity contribution in [3.05, 3.63) is 53.8 Å². The molecule has 1 aliphatic rings. The fourth-order valence-corrected chi connectivity index (χ4v) is 1.84. The van der Waals surface area contributed by atoms with Gasteiger partial charge in [0.05, 0.1) is 17.0 Å². The van der Waals surface area contributed by atoms with Gasteiger partial charge in [-0.3, -0.25) is 5.43 Å². The van der Waals surface area contributed by atoms with Crippen molar-refractivity contribution < 1.29 is 9.90 Å². The molecule has 0 radical (unpaired) electrons. The molecule has 5 heteroatoms. The summed E-state index contributed by atoms with van der Waals surface area (Å²) in [6, 6.07) is 6.71. The number of carboxylic acids is 1. The summed E-state index contributed by atoms with van der Waals surface area (Å²) >= 11 is 0. The van der Waals surface area contributed by atoms with E-state index >= 15 is 0 Å². The van der Waals surface area contributed by atoms with Crippen molar-refractivity contribution in [2.75, 3.05) is 19.5 Å². The Morgan fingerprint density at radius 2 is 2.05 bits per heavy atom. The van der Waals surface area contributed by atoms with Crippen LogP contribution in [0.3, 0.4) is 0 Å². The maximum Gasteiger partial charge on any atom is 0.337 e. The Hall–Kier alpha value is -2.56. The standard InChI is InChI=1S/C15H17N3O2/c1-18(2)12-9-7-11(8-10-12)16-17-14-6-4-3-5-13(14)15(19)20/h3-7,9-10,17H,8H2,1-2H3,(H,19,20). The number of anilines is 1. The summed E-state index contributed by atoms with van der Waals surface area (Å²) in [4.78, 5) is 13.1. The summed E-state index contributed by atoms with van der Waals surface area (Å²) in [5.41, 5.74) is 5.51. The zero-order valence-corrected chi connectivity index (χ0v) is 11.5. The number of benzene rings is 1. The van der Waals surface area contributed by atoms with E-state index in [0.29, 0.717) is 12.1 Å². The molecule has 5 nitrogen and oxygen atoms in total. The highest BCUT2D eigenvalue weighted by Gasteiger charge is 2.09. The molecule has 0 bridgehead atoms. The van der Waals surface area contributed by atoms with Crippen LogP contribution in [0, 0.1) is 0 Å². The Labute approximate surface area is 117 Å². The summed E-state index contributed by atoms with van der Waals surface area (Å²) in [6.07, 6.45) is 6.69. The number of rotatable bonds is 4. The molecule has 0 unspecified atom stereocenters. The molecule has 2 rings (SSSR count). The number of carbonyl (C=O) groups is 1. The van der Waals surface area contributed by atoms with E-state index in [-0.39, 0.29) is 5.56 Å². The molecule has 0 aliphatic heterocycles. The van der Waals surface area contributed by atoms with Crippen LogP contribution in [0.15, 0.2) is 53.3 Å². The maximum atomic E-state index is 11.1. The van der Waals surface area contributed by atoms with Gasteiger partial charge in [0, 0.05) is 26.2 Å². The van der Waals surface area contributed by atoms with Gasteiger partial charge in [-0.05, 0) is 24.3 Å². The molecule has 0 aromatic heterocycles. The Morgan fingerprint density at radius 3 is 2.65 bits per heavy atom. The largest absolute Gasteiger partial charge is 0.478 e. The Bertz CT molecular complexity index is 601. The number of hydrazone groups is 1. The number of nitrogens with one attached hydrogen (secondary N) is 1. The minimum atomic E-state index is -0.970. The smallest absolute Gasteiger partial charge is 0.337 e. The molecule has 0 heterocycles. The minimum absolute atomic E-state index is 0.209. The lowest BCUT2D eigenvalue weighted by atomic mass is 10.1. The van der Waals surface area contributed by atoms with Crippen molar-refractivity contribution in [1.29, 1.82) is 0 Å². The van der Waals surface area contributed by atoms with Gasteiger partial charge < -0.3 is 10.0 Å². The van der Waals surface area contributed by atoms with Crippen LogP contribution >= 0.6 is 0 Å². The highest BCUT2D eigenvalue weighted by atomic mass is 16.4. The number of nitrogens with zero attached hydrogens (tertiary/aromatic N) is 2. The lowest BCUT2D eigenvalue weighted by Crippen LogP contribution is -2.13. The molecule has 20 heavy (non-hydrogen) atoms. The van der Waals surface area contributed by atoms with Gasteiger partial charge in [-0.1, -0.05) is 18.2 Å². The number of aromatic carboxylic acids is 1. The van der Waals surface area contributed by atoms with Gasteiger partial charge >= 0.3 is 5.97 Å². The molecule has 1 aromatic rings. The van der Waals surface area contributed by atoms with Gasteiger partial charge in [0.2, 0.25) is 0 Å². The molecule has 2 N–H and O–H groups in total. The van der Waals surface area contributed by atoms with E-state index in [1.54, 1.807) is 24.3 Å². The summed E-state index contributed by atoms with van der Waals surface area (Å²) in [5, 5.41) is 13.3. The van der Waals surface area contributed by atoms with Crippen molar-refractivity contribution in [3.8, 4) is 0 Å². The zero-order chi connectivity index (χ0) is 14.5. The van der Waals surface area contributed by atoms with Crippen molar-refractivity contribution in [2.45, 2.75) is 6.42 Å². The van der Waals surface area contributed by atoms with E-state index in [1.165, 1.54) is 0 Å². The molecule has 104 valence electrons. The van der Waals surface area contributed by atoms with E-state index < -0.39 is 5.97 Å². The summed E-state index contributed by atoms with van der Waals surface area (Å²) < 4.78 is 0. The van der Waals surface area contributed by atoms with Crippen molar-refractivity contribution in [1.82, 2.24) is 4.90 Å². The van der Waals surface area contributed by atoms with Gasteiger partial charge in [-0.15, -0.1) is 0 Å². The molecule has 1 aliphatic carbocycles. The van der Waals surface area contributed by atoms with Crippen LogP contribution in [0.1, 0.15) is 16.8 Å². The van der Waals surface area contributed by atoms with Gasteiger partial charge in [0.25, 0.3) is 0 Å². The van der Waals surface area contributed by atoms with Crippen LogP contribution in [0.5, 0.6) is 0 Å². The fourth-order valence-electron chi connectivity index (χ4n) is 1.84. The molecule has 1 aromatic carbocycles. The third-order valence-electron chi connectivity index (χ3n) is 2.96. The SMILES string of the molecule is CN(C)C1=CCC(=NNc2ccccc2C(=O)O)C=C1. The van der Waals surface area contributed by atoms with Crippen LogP contribution in [-0.2, 0) is 0 Å². The van der Waals surface area contributed by atoms with Gasteiger partial charge in [-0.25, -0.2) is 4.79 Å². The lowest BCUT2D eigenvalue weighted by molar-refractivity contribution is 0.0698. The minimum Gasteiger partial charge on any atom is -0.478 e. The van der Waals surface area contributed by atoms with Gasteiger partial charge in [0.1, 0.15) is 0 Å². The van der Waals surface area contributed by atoms with E-state index in [4.69, 9.17) is 5.11 Å². The summed E-state index contributed by atoms with van der Waals surface area (Å²) in [7, 11) is 3.97. The molecule has 0 saturated carbocycles. The second-order valence-corrected chi connectivity index (χ2v) is 4.63. The predicted molar refractivity (Wildman–Crippen MR) is 80.0 cm³/mol. The monoisotopic (exact) mass is 271 g/mol. The Morgan fingerprint density at radius 1 is 1.30 bits per heavy atom. The third kappa shape index (κ3) is 3.26. The van der Waals surface area contributed by atoms with Crippen LogP contribution in [0.25, 0.3) is 0 Å². The number of likely N-dealkylation sites (N-methyl/N-ethyl adjacent to an activating group) is 1. The number of para-hydroxylation sites is 1. The first-order valence-corrected chi connectivity index (χ1v) is 6.28. The second-order valence-electron chi connectivity index (χ2n) is 4.63. The molecule has 0 amide bonds. The zero-order valence-electron chi connectivity index (χ0n) is 11.5. The van der Waals surface area contributed by atoms with E-state index in [1.807, 2.05) is 31.1 Å². The van der Waals surface area contributed by atoms with Gasteiger partial charge in [-0.2, -0.15) is 5.10 Å². The van der Waals surface area contributed by atoms with Crippen LogP contribution < -0.4 is 5.43 Å². The summed E-state index contributed by atoms with van der Waals surface area (Å²) in [6.45, 7) is 0. The molecule has 0 spiro atoms. The van der Waals surface area contributed by atoms with Crippen LogP contribution in [0.2, 0.25) is 0 Å². The fraction of sp³-hybridized carbons (Fsp3) is 0.200. The van der Waals surface area contributed by atoms with Crippen molar-refractivity contribution in [2.24, 2.45) is 5.10 Å². The van der Waals surface area contributed by atoms with Crippen LogP contribution in [-0.4, -0.2) is 35.8 Å². The lowest BCUT2D eigenvalue weighted by Gasteiger charge is -2.16. The Balaban J connectivity index is 2.09. The molecule has 0 saturated heterocycles. The highest BCUT2D eigenvalue weighted by Crippen LogP contribution is 2.16. The molecule has 0 fully saturated rings. The van der Waals surface area contributed by atoms with Gasteiger partial charge in [0.15, 0.2) is 0 Å². The van der Waals surface area contributed by atoms with E-state index in [2.05, 4.69) is 16.6 Å². The first-order valence-electron chi connectivity index (χ1n) is 6.28. The number of hydrogen-bond donors (Lipinski definition) is 2. The maximum absolute atomic E-state index is 11.1. The predicted octanol–water partition coefficient (Wildman–Crippen LogP) is 2.56. The molecule has 0 atom stereocenters. The number of hydrogen-bond acceptors (Lipinski definition) is 4. The Kier molecular flexibility index (Phi) is 4.20. The average Bonchev–Trinajstić information content (AvgIpc) is 2.45. The number of allylic oxidation sites excluding steroid dienone is 3. The third-order valence-corrected chi connectivity index (χ3v) is 2.96. The highest BCUT2D eigenvalue weighted by molar-refractivity contribution is 5.99. The van der Waals surface area contributed by atoms with Crippen LogP contribution in [0.4, 0.5) is 5.69 Å². The normalized spacial score (nSPS) is 15.9.